The summed E-state index contributed by atoms with van der Waals surface area (Å²) in [6.07, 6.45) is 1.42. The number of benzene rings is 1. The number of ether oxygens (including phenoxy) is 1. The average Bonchev–Trinajstić information content (AvgIpc) is 1.88. The summed E-state index contributed by atoms with van der Waals surface area (Å²) in [6.45, 7) is 3.46. The van der Waals surface area contributed by atoms with Gasteiger partial charge in [-0.1, -0.05) is 0 Å². The van der Waals surface area contributed by atoms with Gasteiger partial charge in [0, 0.05) is 0 Å². The van der Waals surface area contributed by atoms with Gasteiger partial charge < -0.3 is 0 Å². The van der Waals surface area contributed by atoms with Crippen LogP contribution in [0, 0.1) is 0 Å². The summed E-state index contributed by atoms with van der Waals surface area (Å²) >= 11 is 2.46. The summed E-state index contributed by atoms with van der Waals surface area (Å²) in [5.41, 5.74) is 0. The van der Waals surface area contributed by atoms with E-state index in [-0.39, 0.29) is 0 Å². The molecular formula is C8H7AsO. The van der Waals surface area contributed by atoms with Crippen molar-refractivity contribution in [2.75, 3.05) is 0 Å². The first-order chi connectivity index (χ1) is 4.83. The Kier molecular flexibility index (Phi) is 2.58. The predicted molar refractivity (Wildman–Crippen MR) is 42.7 cm³/mol. The monoisotopic (exact) mass is 194 g/mol. The van der Waals surface area contributed by atoms with E-state index < -0.39 is 0 Å². The molecule has 0 saturated heterocycles. The zero-order chi connectivity index (χ0) is 7.40. The quantitative estimate of drug-likeness (QED) is 0.504. The molecule has 0 spiro atoms. The third-order valence-electron chi connectivity index (χ3n) is 1.04. The van der Waals surface area contributed by atoms with Gasteiger partial charge >= 0.3 is 68.8 Å². The molecule has 0 atom stereocenters. The molecule has 0 fully saturated rings. The molecule has 1 aromatic carbocycles. The third kappa shape index (κ3) is 1.93. The van der Waals surface area contributed by atoms with Crippen LogP contribution in [0.1, 0.15) is 0 Å². The molecule has 0 unspecified atom stereocenters. The molecule has 0 N–H and O–H groups in total. The van der Waals surface area contributed by atoms with Crippen molar-refractivity contribution >= 4 is 21.2 Å². The standard InChI is InChI=1S/C8H7AsO/c1-2-10-8-5-3-4-7(9)6-8/h2-6H,1H2. The molecule has 0 bridgehead atoms. The second-order valence-corrected chi connectivity index (χ2v) is 2.87. The van der Waals surface area contributed by atoms with E-state index in [1.54, 1.807) is 0 Å². The topological polar surface area (TPSA) is 9.23 Å². The number of hydrogen-bond donors (Lipinski definition) is 0. The van der Waals surface area contributed by atoms with Crippen molar-refractivity contribution < 1.29 is 4.74 Å². The van der Waals surface area contributed by atoms with Gasteiger partial charge in [0.25, 0.3) is 0 Å². The fourth-order valence-corrected chi connectivity index (χ4v) is 1.10. The fraction of sp³-hybridized carbons (Fsp3) is 0. The van der Waals surface area contributed by atoms with Crippen LogP contribution in [-0.4, -0.2) is 16.9 Å². The first-order valence-electron chi connectivity index (χ1n) is 2.89. The minimum atomic E-state index is 0.827. The van der Waals surface area contributed by atoms with Crippen molar-refractivity contribution in [1.82, 2.24) is 0 Å². The van der Waals surface area contributed by atoms with Gasteiger partial charge in [0.2, 0.25) is 0 Å². The Bertz CT molecular complexity index is 232. The van der Waals surface area contributed by atoms with Crippen molar-refractivity contribution in [2.24, 2.45) is 0 Å². The van der Waals surface area contributed by atoms with E-state index in [1.807, 2.05) is 24.3 Å². The molecule has 0 saturated carbocycles. The van der Waals surface area contributed by atoms with Crippen LogP contribution in [0.15, 0.2) is 37.1 Å². The summed E-state index contributed by atoms with van der Waals surface area (Å²) in [7, 11) is 0. The van der Waals surface area contributed by atoms with Gasteiger partial charge in [-0.25, -0.2) is 0 Å². The number of hydrogen-bond acceptors (Lipinski definition) is 1. The second kappa shape index (κ2) is 3.48. The first-order valence-corrected chi connectivity index (χ1v) is 3.83. The van der Waals surface area contributed by atoms with Crippen molar-refractivity contribution in [3.63, 3.8) is 0 Å². The summed E-state index contributed by atoms with van der Waals surface area (Å²) in [4.78, 5) is 0. The van der Waals surface area contributed by atoms with Crippen LogP contribution in [0.2, 0.25) is 0 Å². The Labute approximate surface area is 69.2 Å². The zero-order valence-electron chi connectivity index (χ0n) is 5.45. The molecular weight excluding hydrogens is 187 g/mol. The maximum absolute atomic E-state index is 5.04. The van der Waals surface area contributed by atoms with E-state index in [2.05, 4.69) is 23.4 Å². The molecule has 50 valence electrons. The van der Waals surface area contributed by atoms with Gasteiger partial charge in [-0.3, -0.25) is 0 Å². The number of rotatable bonds is 2. The van der Waals surface area contributed by atoms with Crippen LogP contribution in [0.5, 0.6) is 5.75 Å². The second-order valence-electron chi connectivity index (χ2n) is 1.78. The summed E-state index contributed by atoms with van der Waals surface area (Å²) in [5.74, 6) is 0.827. The van der Waals surface area contributed by atoms with Crippen molar-refractivity contribution in [1.29, 1.82) is 0 Å². The molecule has 2 radical (unpaired) electrons. The normalized spacial score (nSPS) is 8.90. The van der Waals surface area contributed by atoms with Crippen LogP contribution in [0.3, 0.4) is 0 Å². The fourth-order valence-electron chi connectivity index (χ4n) is 0.653. The minimum absolute atomic E-state index is 0.827. The van der Waals surface area contributed by atoms with Crippen LogP contribution in [0.25, 0.3) is 0 Å². The van der Waals surface area contributed by atoms with Crippen molar-refractivity contribution in [2.45, 2.75) is 0 Å². The first kappa shape index (κ1) is 7.43. The molecule has 1 nitrogen and oxygen atoms in total. The Morgan fingerprint density at radius 2 is 2.30 bits per heavy atom. The van der Waals surface area contributed by atoms with Crippen molar-refractivity contribution in [3.8, 4) is 5.75 Å². The van der Waals surface area contributed by atoms with E-state index in [1.165, 1.54) is 6.26 Å². The third-order valence-corrected chi connectivity index (χ3v) is 1.62. The molecule has 0 aliphatic rings. The molecule has 0 heterocycles. The van der Waals surface area contributed by atoms with Crippen LogP contribution in [-0.2, 0) is 0 Å². The maximum atomic E-state index is 5.04. The summed E-state index contributed by atoms with van der Waals surface area (Å²) in [5, 5.41) is 0. The van der Waals surface area contributed by atoms with Crippen LogP contribution in [0.4, 0.5) is 0 Å². The van der Waals surface area contributed by atoms with Gasteiger partial charge in [-0.05, 0) is 0 Å². The van der Waals surface area contributed by atoms with Crippen molar-refractivity contribution in [3.05, 3.63) is 37.1 Å². The van der Waals surface area contributed by atoms with E-state index in [4.69, 9.17) is 4.74 Å². The average molecular weight is 194 g/mol. The molecule has 1 aromatic rings. The molecule has 1 rings (SSSR count). The Morgan fingerprint density at radius 1 is 1.50 bits per heavy atom. The van der Waals surface area contributed by atoms with E-state index >= 15 is 0 Å². The molecule has 0 aliphatic heterocycles. The van der Waals surface area contributed by atoms with E-state index in [0.717, 1.165) is 10.1 Å². The molecule has 10 heavy (non-hydrogen) atoms. The zero-order valence-corrected chi connectivity index (χ0v) is 7.33. The van der Waals surface area contributed by atoms with Gasteiger partial charge in [0.15, 0.2) is 0 Å². The van der Waals surface area contributed by atoms with Gasteiger partial charge in [-0.15, -0.1) is 0 Å². The predicted octanol–water partition coefficient (Wildman–Crippen LogP) is 1.00. The molecule has 2 heteroatoms. The Morgan fingerprint density at radius 3 is 2.90 bits per heavy atom. The molecule has 0 aromatic heterocycles. The SMILES string of the molecule is C=COc1cccc([As])c1. The van der Waals surface area contributed by atoms with Crippen LogP contribution >= 0.6 is 0 Å². The van der Waals surface area contributed by atoms with E-state index in [9.17, 15) is 0 Å². The molecule has 0 aliphatic carbocycles. The van der Waals surface area contributed by atoms with Gasteiger partial charge in [0.05, 0.1) is 0 Å². The van der Waals surface area contributed by atoms with Gasteiger partial charge in [-0.2, -0.15) is 0 Å². The summed E-state index contributed by atoms with van der Waals surface area (Å²) in [6, 6.07) is 7.75. The van der Waals surface area contributed by atoms with E-state index in [0.29, 0.717) is 0 Å². The Hall–Kier alpha value is -0.682. The van der Waals surface area contributed by atoms with Gasteiger partial charge in [0.1, 0.15) is 0 Å². The Balaban J connectivity index is 2.84. The molecule has 0 amide bonds. The van der Waals surface area contributed by atoms with Crippen LogP contribution < -0.4 is 9.09 Å². The summed E-state index contributed by atoms with van der Waals surface area (Å²) < 4.78 is 6.17.